The molecule has 2 N–H and O–H groups in total. The highest BCUT2D eigenvalue weighted by Crippen LogP contribution is 2.46. The first-order valence-corrected chi connectivity index (χ1v) is 11.3. The fourth-order valence-corrected chi connectivity index (χ4v) is 5.18. The molecule has 1 saturated heterocycles. The fourth-order valence-electron chi connectivity index (χ4n) is 5.18. The molecule has 5 nitrogen and oxygen atoms in total. The van der Waals surface area contributed by atoms with Crippen molar-refractivity contribution in [3.63, 3.8) is 0 Å². The standard InChI is InChI=1S/C26H34N2O3/c1-16-13-19-20(26(4,5)11-10-25(19,2)3)15-17(16)14-18-8-9-22(31-18)24(30)28-12-6-7-21(28)23(27)29/h8-9,13,15,21H,6-7,10-12,14H2,1-5H3,(H2,27,29)/t21-/m0/s1. The Hall–Kier alpha value is -2.56. The van der Waals surface area contributed by atoms with Crippen LogP contribution in [0.1, 0.15) is 91.9 Å². The van der Waals surface area contributed by atoms with E-state index in [0.29, 0.717) is 19.4 Å². The lowest BCUT2D eigenvalue weighted by Gasteiger charge is -2.42. The molecule has 1 aliphatic heterocycles. The highest BCUT2D eigenvalue weighted by molar-refractivity contribution is 5.95. The Morgan fingerprint density at radius 3 is 2.39 bits per heavy atom. The van der Waals surface area contributed by atoms with E-state index in [0.717, 1.165) is 12.2 Å². The van der Waals surface area contributed by atoms with Gasteiger partial charge in [0, 0.05) is 13.0 Å². The van der Waals surface area contributed by atoms with Crippen molar-refractivity contribution in [2.45, 2.75) is 83.6 Å². The molecule has 1 aromatic heterocycles. The Morgan fingerprint density at radius 2 is 1.74 bits per heavy atom. The molecule has 0 unspecified atom stereocenters. The monoisotopic (exact) mass is 422 g/mol. The van der Waals surface area contributed by atoms with Gasteiger partial charge in [0.2, 0.25) is 5.91 Å². The van der Waals surface area contributed by atoms with Crippen LogP contribution in [0.5, 0.6) is 0 Å². The molecule has 4 rings (SSSR count). The van der Waals surface area contributed by atoms with Gasteiger partial charge in [-0.1, -0.05) is 39.8 Å². The van der Waals surface area contributed by atoms with E-state index in [4.69, 9.17) is 10.2 Å². The molecule has 0 bridgehead atoms. The zero-order valence-electron chi connectivity index (χ0n) is 19.4. The molecule has 0 saturated carbocycles. The topological polar surface area (TPSA) is 76.5 Å². The Bertz CT molecular complexity index is 1030. The highest BCUT2D eigenvalue weighted by atomic mass is 16.4. The Labute approximate surface area is 185 Å². The third kappa shape index (κ3) is 3.90. The average Bonchev–Trinajstić information content (AvgIpc) is 3.36. The zero-order chi connectivity index (χ0) is 22.6. The predicted molar refractivity (Wildman–Crippen MR) is 121 cm³/mol. The van der Waals surface area contributed by atoms with Crippen molar-refractivity contribution in [1.29, 1.82) is 0 Å². The van der Waals surface area contributed by atoms with Crippen LogP contribution in [-0.2, 0) is 22.0 Å². The van der Waals surface area contributed by atoms with Crippen LogP contribution >= 0.6 is 0 Å². The summed E-state index contributed by atoms with van der Waals surface area (Å²) in [6.07, 6.45) is 4.41. The van der Waals surface area contributed by atoms with Crippen molar-refractivity contribution in [1.82, 2.24) is 4.90 Å². The molecule has 0 spiro atoms. The van der Waals surface area contributed by atoms with Gasteiger partial charge in [0.1, 0.15) is 11.8 Å². The number of furan rings is 1. The molecular formula is C26H34N2O3. The lowest BCUT2D eigenvalue weighted by Crippen LogP contribution is -2.43. The van der Waals surface area contributed by atoms with Gasteiger partial charge in [0.05, 0.1) is 0 Å². The molecule has 1 fully saturated rings. The van der Waals surface area contributed by atoms with Gasteiger partial charge in [-0.05, 0) is 77.8 Å². The summed E-state index contributed by atoms with van der Waals surface area (Å²) >= 11 is 0. The molecule has 166 valence electrons. The minimum atomic E-state index is -0.533. The second-order valence-corrected chi connectivity index (χ2v) is 10.6. The van der Waals surface area contributed by atoms with Crippen LogP contribution in [0.2, 0.25) is 0 Å². The number of amides is 2. The normalized spacial score (nSPS) is 21.7. The largest absolute Gasteiger partial charge is 0.456 e. The van der Waals surface area contributed by atoms with Crippen LogP contribution in [0.3, 0.4) is 0 Å². The number of carbonyl (C=O) groups excluding carboxylic acids is 2. The van der Waals surface area contributed by atoms with E-state index in [1.807, 2.05) is 6.07 Å². The maximum atomic E-state index is 12.9. The highest BCUT2D eigenvalue weighted by Gasteiger charge is 2.38. The van der Waals surface area contributed by atoms with Crippen molar-refractivity contribution in [3.8, 4) is 0 Å². The van der Waals surface area contributed by atoms with Crippen LogP contribution in [0.25, 0.3) is 0 Å². The molecule has 2 amide bonds. The van der Waals surface area contributed by atoms with E-state index in [2.05, 4.69) is 46.8 Å². The molecule has 31 heavy (non-hydrogen) atoms. The van der Waals surface area contributed by atoms with Gasteiger partial charge in [0.15, 0.2) is 5.76 Å². The van der Waals surface area contributed by atoms with Crippen molar-refractivity contribution in [3.05, 3.63) is 58.0 Å². The van der Waals surface area contributed by atoms with Crippen molar-refractivity contribution in [2.24, 2.45) is 5.73 Å². The number of nitrogens with two attached hydrogens (primary N) is 1. The SMILES string of the molecule is Cc1cc2c(cc1Cc1ccc(C(=O)N3CCC[C@H]3C(N)=O)o1)C(C)(C)CCC2(C)C. The Balaban J connectivity index is 1.59. The molecule has 0 radical (unpaired) electrons. The van der Waals surface area contributed by atoms with Crippen LogP contribution < -0.4 is 5.73 Å². The smallest absolute Gasteiger partial charge is 0.290 e. The number of primary amides is 1. The molecule has 1 atom stereocenters. The summed E-state index contributed by atoms with van der Waals surface area (Å²) in [6.45, 7) is 12.0. The van der Waals surface area contributed by atoms with Gasteiger partial charge in [-0.25, -0.2) is 0 Å². The predicted octanol–water partition coefficient (Wildman–Crippen LogP) is 4.62. The first-order valence-electron chi connectivity index (χ1n) is 11.3. The minimum Gasteiger partial charge on any atom is -0.456 e. The molecule has 1 aliphatic carbocycles. The van der Waals surface area contributed by atoms with Gasteiger partial charge in [0.25, 0.3) is 5.91 Å². The van der Waals surface area contributed by atoms with Crippen LogP contribution in [0.4, 0.5) is 0 Å². The molecule has 2 aromatic rings. The van der Waals surface area contributed by atoms with Gasteiger partial charge in [-0.3, -0.25) is 9.59 Å². The van der Waals surface area contributed by atoms with E-state index in [-0.39, 0.29) is 22.5 Å². The molecular weight excluding hydrogens is 388 g/mol. The first-order chi connectivity index (χ1) is 14.5. The third-order valence-corrected chi connectivity index (χ3v) is 7.39. The van der Waals surface area contributed by atoms with E-state index < -0.39 is 11.9 Å². The summed E-state index contributed by atoms with van der Waals surface area (Å²) in [5, 5.41) is 0. The van der Waals surface area contributed by atoms with E-state index >= 15 is 0 Å². The number of aryl methyl sites for hydroxylation is 1. The average molecular weight is 423 g/mol. The van der Waals surface area contributed by atoms with E-state index in [1.54, 1.807) is 11.0 Å². The van der Waals surface area contributed by atoms with E-state index in [1.165, 1.54) is 35.1 Å². The number of hydrogen-bond acceptors (Lipinski definition) is 3. The maximum Gasteiger partial charge on any atom is 0.290 e. The number of likely N-dealkylation sites (tertiary alicyclic amines) is 1. The summed E-state index contributed by atoms with van der Waals surface area (Å²) in [4.78, 5) is 26.1. The maximum absolute atomic E-state index is 12.9. The number of carbonyl (C=O) groups is 2. The van der Waals surface area contributed by atoms with Gasteiger partial charge in [-0.2, -0.15) is 0 Å². The Kier molecular flexibility index (Phi) is 5.27. The zero-order valence-corrected chi connectivity index (χ0v) is 19.4. The fraction of sp³-hybridized carbons (Fsp3) is 0.538. The Morgan fingerprint density at radius 1 is 1.10 bits per heavy atom. The van der Waals surface area contributed by atoms with Crippen molar-refractivity contribution in [2.75, 3.05) is 6.54 Å². The molecule has 2 aliphatic rings. The second kappa shape index (κ2) is 7.54. The number of benzene rings is 1. The summed E-state index contributed by atoms with van der Waals surface area (Å²) < 4.78 is 5.94. The third-order valence-electron chi connectivity index (χ3n) is 7.39. The van der Waals surface area contributed by atoms with Crippen LogP contribution in [-0.4, -0.2) is 29.3 Å². The quantitative estimate of drug-likeness (QED) is 0.781. The molecule has 2 heterocycles. The first kappa shape index (κ1) is 21.7. The van der Waals surface area contributed by atoms with E-state index in [9.17, 15) is 9.59 Å². The lowest BCUT2D eigenvalue weighted by molar-refractivity contribution is -0.121. The number of nitrogens with zero attached hydrogens (tertiary/aromatic N) is 1. The summed E-state index contributed by atoms with van der Waals surface area (Å²) in [5.41, 5.74) is 11.2. The summed E-state index contributed by atoms with van der Waals surface area (Å²) in [6, 6.07) is 7.75. The molecule has 5 heteroatoms. The number of rotatable bonds is 4. The van der Waals surface area contributed by atoms with Crippen LogP contribution in [0, 0.1) is 6.92 Å². The van der Waals surface area contributed by atoms with Gasteiger partial charge in [-0.15, -0.1) is 0 Å². The van der Waals surface area contributed by atoms with Crippen molar-refractivity contribution >= 4 is 11.8 Å². The van der Waals surface area contributed by atoms with Gasteiger partial charge < -0.3 is 15.1 Å². The summed E-state index contributed by atoms with van der Waals surface area (Å²) in [5.74, 6) is 0.333. The summed E-state index contributed by atoms with van der Waals surface area (Å²) in [7, 11) is 0. The minimum absolute atomic E-state index is 0.150. The van der Waals surface area contributed by atoms with Gasteiger partial charge >= 0.3 is 0 Å². The van der Waals surface area contributed by atoms with Crippen molar-refractivity contribution < 1.29 is 14.0 Å². The molecule has 1 aromatic carbocycles. The lowest BCUT2D eigenvalue weighted by atomic mass is 9.62. The number of fused-ring (bicyclic) bond motifs is 1. The van der Waals surface area contributed by atoms with Crippen LogP contribution in [0.15, 0.2) is 28.7 Å². The number of hydrogen-bond donors (Lipinski definition) is 1. The second-order valence-electron chi connectivity index (χ2n) is 10.6.